The Morgan fingerprint density at radius 1 is 1.20 bits per heavy atom. The third-order valence-electron chi connectivity index (χ3n) is 5.64. The van der Waals surface area contributed by atoms with Crippen molar-refractivity contribution in [1.29, 1.82) is 0 Å². The lowest BCUT2D eigenvalue weighted by Crippen LogP contribution is -2.28. The predicted octanol–water partition coefficient (Wildman–Crippen LogP) is 4.14. The molecule has 1 atom stereocenters. The van der Waals surface area contributed by atoms with Gasteiger partial charge in [-0.25, -0.2) is 0 Å². The Hall–Kier alpha value is -2.95. The predicted molar refractivity (Wildman–Crippen MR) is 131 cm³/mol. The highest BCUT2D eigenvalue weighted by molar-refractivity contribution is 7.17. The van der Waals surface area contributed by atoms with Crippen LogP contribution in [0.25, 0.3) is 5.57 Å². The lowest BCUT2D eigenvalue weighted by molar-refractivity contribution is -0.138. The minimum atomic E-state index is -4.60. The second kappa shape index (κ2) is 9.96. The molecule has 2 heterocycles. The molecule has 0 bridgehead atoms. The zero-order chi connectivity index (χ0) is 25.3. The molecule has 6 nitrogen and oxygen atoms in total. The fourth-order valence-corrected chi connectivity index (χ4v) is 4.91. The maximum absolute atomic E-state index is 13.8. The molecule has 0 spiro atoms. The number of likely N-dealkylation sites (N-methyl/N-ethyl adjacent to an activating group) is 1. The number of halogens is 4. The van der Waals surface area contributed by atoms with Crippen LogP contribution < -0.4 is 15.5 Å². The van der Waals surface area contributed by atoms with Crippen LogP contribution in [0.1, 0.15) is 34.9 Å². The van der Waals surface area contributed by atoms with Crippen LogP contribution in [0.2, 0.25) is 5.02 Å². The topological polar surface area (TPSA) is 81.3 Å². The Kier molecular flexibility index (Phi) is 7.16. The summed E-state index contributed by atoms with van der Waals surface area (Å²) in [6.45, 7) is 2.15. The van der Waals surface area contributed by atoms with Crippen LogP contribution in [-0.2, 0) is 12.6 Å². The van der Waals surface area contributed by atoms with E-state index in [1.165, 1.54) is 12.1 Å². The van der Waals surface area contributed by atoms with E-state index in [1.54, 1.807) is 36.4 Å². The van der Waals surface area contributed by atoms with Crippen molar-refractivity contribution in [2.75, 3.05) is 18.5 Å². The molecule has 0 amide bonds. The molecule has 35 heavy (non-hydrogen) atoms. The van der Waals surface area contributed by atoms with Gasteiger partial charge in [0.25, 0.3) is 0 Å². The second-order valence-electron chi connectivity index (χ2n) is 8.16. The van der Waals surface area contributed by atoms with Gasteiger partial charge in [-0.2, -0.15) is 28.4 Å². The van der Waals surface area contributed by atoms with Gasteiger partial charge in [0.2, 0.25) is 5.88 Å². The van der Waals surface area contributed by atoms with Crippen LogP contribution in [0.5, 0.6) is 5.88 Å². The molecule has 0 radical (unpaired) electrons. The fraction of sp³-hybridized carbons (Fsp3) is 0.292. The van der Waals surface area contributed by atoms with Crippen molar-refractivity contribution >= 4 is 39.9 Å². The van der Waals surface area contributed by atoms with Gasteiger partial charge in [-0.05, 0) is 47.0 Å². The molecule has 0 saturated carbocycles. The summed E-state index contributed by atoms with van der Waals surface area (Å²) in [5.74, 6) is -0.292. The first kappa shape index (κ1) is 25.2. The molecular formula is C24H22ClF3N4O2S. The molecule has 1 aromatic heterocycles. The Labute approximate surface area is 208 Å². The molecule has 184 valence electrons. The van der Waals surface area contributed by atoms with Crippen LogP contribution in [0, 0.1) is 0 Å². The van der Waals surface area contributed by atoms with Crippen LogP contribution in [-0.4, -0.2) is 41.1 Å². The third kappa shape index (κ3) is 5.50. The molecule has 4 rings (SSSR count). The number of benzene rings is 2. The smallest absolute Gasteiger partial charge is 0.416 e. The first-order valence-electron chi connectivity index (χ1n) is 10.8. The van der Waals surface area contributed by atoms with Gasteiger partial charge in [0.1, 0.15) is 0 Å². The number of anilines is 1. The number of rotatable bonds is 7. The third-order valence-corrected chi connectivity index (χ3v) is 7.09. The molecule has 1 unspecified atom stereocenters. The van der Waals surface area contributed by atoms with Crippen molar-refractivity contribution in [3.63, 3.8) is 0 Å². The second-order valence-corrected chi connectivity index (χ2v) is 9.58. The first-order chi connectivity index (χ1) is 16.6. The van der Waals surface area contributed by atoms with Gasteiger partial charge in [0.15, 0.2) is 5.13 Å². The number of aromatic nitrogens is 1. The lowest BCUT2D eigenvalue weighted by Gasteiger charge is -2.18. The average molecular weight is 523 g/mol. The highest BCUT2D eigenvalue weighted by atomic mass is 35.5. The maximum atomic E-state index is 13.8. The molecule has 3 aromatic rings. The van der Waals surface area contributed by atoms with Gasteiger partial charge in [0.05, 0.1) is 28.1 Å². The highest BCUT2D eigenvalue weighted by Crippen LogP contribution is 2.39. The number of thiazole rings is 1. The van der Waals surface area contributed by atoms with Gasteiger partial charge in [-0.15, -0.1) is 0 Å². The minimum absolute atomic E-state index is 0.0138. The fourth-order valence-electron chi connectivity index (χ4n) is 3.74. The summed E-state index contributed by atoms with van der Waals surface area (Å²) in [6, 6.07) is 8.90. The van der Waals surface area contributed by atoms with Gasteiger partial charge >= 0.3 is 6.18 Å². The Balaban J connectivity index is 1.87. The standard InChI is InChI=1S/C24H22ClF3N4O2S/c1-3-17(33)12-32(2)23-30-22(34)21(35-23)18(13-5-7-20-15(8-13)11-29-31-20)9-14-4-6-16(25)10-19(14)24(26,27)28/h4-8,10-11,17,33-34H,3,9,12H2,1-2H3. The van der Waals surface area contributed by atoms with Gasteiger partial charge in [-0.1, -0.05) is 42.0 Å². The number of hydrogen-bond donors (Lipinski definition) is 2. The molecule has 2 aromatic carbocycles. The highest BCUT2D eigenvalue weighted by Gasteiger charge is 2.34. The van der Waals surface area contributed by atoms with E-state index in [0.29, 0.717) is 39.1 Å². The Morgan fingerprint density at radius 3 is 2.69 bits per heavy atom. The first-order valence-corrected chi connectivity index (χ1v) is 12.0. The van der Waals surface area contributed by atoms with Gasteiger partial charge in [-0.3, -0.25) is 0 Å². The quantitative estimate of drug-likeness (QED) is 0.489. The zero-order valence-electron chi connectivity index (χ0n) is 18.8. The summed E-state index contributed by atoms with van der Waals surface area (Å²) in [7, 11) is 1.73. The van der Waals surface area contributed by atoms with Crippen molar-refractivity contribution in [2.24, 2.45) is 10.2 Å². The Bertz CT molecular complexity index is 1400. The van der Waals surface area contributed by atoms with Crippen LogP contribution >= 0.6 is 22.9 Å². The summed E-state index contributed by atoms with van der Waals surface area (Å²) in [5.41, 5.74) is 0.360. The normalized spacial score (nSPS) is 14.5. The van der Waals surface area contributed by atoms with E-state index in [0.717, 1.165) is 23.0 Å². The van der Waals surface area contributed by atoms with E-state index in [2.05, 4.69) is 15.2 Å². The number of aliphatic hydroxyl groups is 1. The number of aliphatic hydroxyl groups excluding tert-OH is 1. The van der Waals surface area contributed by atoms with E-state index in [4.69, 9.17) is 11.6 Å². The zero-order valence-corrected chi connectivity index (χ0v) is 20.4. The summed E-state index contributed by atoms with van der Waals surface area (Å²) in [5, 5.41) is 30.3. The minimum Gasteiger partial charge on any atom is -0.492 e. The van der Waals surface area contributed by atoms with Crippen LogP contribution in [0.4, 0.5) is 18.3 Å². The van der Waals surface area contributed by atoms with E-state index in [1.807, 2.05) is 6.92 Å². The molecule has 0 aliphatic carbocycles. The average Bonchev–Trinajstić information content (AvgIpc) is 3.43. The van der Waals surface area contributed by atoms with E-state index in [-0.39, 0.29) is 22.9 Å². The molecule has 1 aliphatic rings. The lowest BCUT2D eigenvalue weighted by atomic mass is 9.96. The summed E-state index contributed by atoms with van der Waals surface area (Å²) in [4.78, 5) is 6.27. The molecule has 0 saturated heterocycles. The summed E-state index contributed by atoms with van der Waals surface area (Å²) in [6.07, 6.45) is -3.20. The van der Waals surface area contributed by atoms with E-state index < -0.39 is 17.8 Å². The van der Waals surface area contributed by atoms with Crippen LogP contribution in [0.15, 0.2) is 46.6 Å². The van der Waals surface area contributed by atoms with Gasteiger partial charge in [0, 0.05) is 30.6 Å². The maximum Gasteiger partial charge on any atom is 0.416 e. The molecule has 0 fully saturated rings. The number of hydrogen-bond acceptors (Lipinski definition) is 7. The molecule has 2 N–H and O–H groups in total. The number of nitrogens with zero attached hydrogens (tertiary/aromatic N) is 4. The molecule has 11 heteroatoms. The largest absolute Gasteiger partial charge is 0.492 e. The van der Waals surface area contributed by atoms with Crippen molar-refractivity contribution in [3.05, 3.63) is 73.6 Å². The van der Waals surface area contributed by atoms with Crippen molar-refractivity contribution in [3.8, 4) is 5.88 Å². The van der Waals surface area contributed by atoms with Crippen LogP contribution in [0.3, 0.4) is 0 Å². The monoisotopic (exact) mass is 522 g/mol. The Morgan fingerprint density at radius 2 is 1.97 bits per heavy atom. The molecular weight excluding hydrogens is 501 g/mol. The van der Waals surface area contributed by atoms with E-state index >= 15 is 0 Å². The summed E-state index contributed by atoms with van der Waals surface area (Å²) >= 11 is 7.01. The molecule has 1 aliphatic heterocycles. The van der Waals surface area contributed by atoms with Crippen molar-refractivity contribution in [1.82, 2.24) is 4.98 Å². The van der Waals surface area contributed by atoms with E-state index in [9.17, 15) is 23.4 Å². The van der Waals surface area contributed by atoms with Gasteiger partial charge < -0.3 is 15.1 Å². The SMILES string of the molecule is CCC(O)CN(C)c1nc(O)c(C(Cc2ccc(Cl)cc2C(F)(F)F)=c2ccc3c(c2)C=NN=3)s1. The summed E-state index contributed by atoms with van der Waals surface area (Å²) < 4.78 is 41.5. The van der Waals surface area contributed by atoms with Crippen molar-refractivity contribution < 1.29 is 23.4 Å². The number of aromatic hydroxyl groups is 1. The number of fused-ring (bicyclic) bond motifs is 1. The number of alkyl halides is 3. The van der Waals surface area contributed by atoms with Crippen molar-refractivity contribution in [2.45, 2.75) is 32.0 Å².